The van der Waals surface area contributed by atoms with Crippen molar-refractivity contribution in [1.82, 2.24) is 4.90 Å². The fourth-order valence-corrected chi connectivity index (χ4v) is 2.92. The first-order valence-electron chi connectivity index (χ1n) is 7.01. The summed E-state index contributed by atoms with van der Waals surface area (Å²) in [6.07, 6.45) is 2.86. The van der Waals surface area contributed by atoms with Crippen LogP contribution in [0.5, 0.6) is 0 Å². The highest BCUT2D eigenvalue weighted by atomic mass is 16.6. The molecule has 5 nitrogen and oxygen atoms in total. The molecule has 0 aromatic rings. The number of rotatable bonds is 3. The van der Waals surface area contributed by atoms with Crippen LogP contribution in [0.1, 0.15) is 46.5 Å². The van der Waals surface area contributed by atoms with Crippen molar-refractivity contribution in [1.29, 1.82) is 0 Å². The SMILES string of the molecule is CC(C)C(=O)[C@@H](C)C(=O)N1C(=O)O[C@H]2CCCC[C@@H]21. The molecule has 2 fully saturated rings. The standard InChI is InChI=1S/C14H21NO4/c1-8(2)12(16)9(3)13(17)15-10-6-4-5-7-11(10)19-14(15)18/h8-11H,4-7H2,1-3H3/t9-,10+,11+/m1/s1. The maximum Gasteiger partial charge on any atom is 0.417 e. The van der Waals surface area contributed by atoms with Crippen LogP contribution in [0.2, 0.25) is 0 Å². The van der Waals surface area contributed by atoms with Crippen molar-refractivity contribution >= 4 is 17.8 Å². The summed E-state index contributed by atoms with van der Waals surface area (Å²) in [5.41, 5.74) is 0. The Morgan fingerprint density at radius 3 is 2.47 bits per heavy atom. The summed E-state index contributed by atoms with van der Waals surface area (Å²) in [5, 5.41) is 0. The Bertz CT molecular complexity index is 404. The molecule has 1 aliphatic heterocycles. The van der Waals surface area contributed by atoms with Crippen LogP contribution in [0, 0.1) is 11.8 Å². The molecule has 2 amide bonds. The predicted molar refractivity (Wildman–Crippen MR) is 68.4 cm³/mol. The minimum absolute atomic E-state index is 0.128. The molecule has 2 rings (SSSR count). The molecule has 0 aromatic carbocycles. The number of nitrogens with zero attached hydrogens (tertiary/aromatic N) is 1. The predicted octanol–water partition coefficient (Wildman–Crippen LogP) is 2.14. The lowest BCUT2D eigenvalue weighted by atomic mass is 9.90. The van der Waals surface area contributed by atoms with Crippen molar-refractivity contribution < 1.29 is 19.1 Å². The summed E-state index contributed by atoms with van der Waals surface area (Å²) in [6.45, 7) is 5.10. The maximum absolute atomic E-state index is 12.4. The van der Waals surface area contributed by atoms with Crippen LogP contribution < -0.4 is 0 Å². The summed E-state index contributed by atoms with van der Waals surface area (Å²) in [5.74, 6) is -1.51. The Morgan fingerprint density at radius 2 is 1.84 bits per heavy atom. The van der Waals surface area contributed by atoms with Crippen LogP contribution in [0.3, 0.4) is 0 Å². The number of hydrogen-bond acceptors (Lipinski definition) is 4. The Kier molecular flexibility index (Phi) is 3.92. The van der Waals surface area contributed by atoms with Crippen LogP contribution in [0.15, 0.2) is 0 Å². The van der Waals surface area contributed by atoms with Gasteiger partial charge in [0, 0.05) is 5.92 Å². The minimum Gasteiger partial charge on any atom is -0.444 e. The molecule has 0 spiro atoms. The Balaban J connectivity index is 2.13. The number of carbonyl (C=O) groups is 3. The molecule has 0 radical (unpaired) electrons. The molecule has 1 heterocycles. The van der Waals surface area contributed by atoms with Gasteiger partial charge in [-0.25, -0.2) is 9.69 Å². The normalized spacial score (nSPS) is 28.0. The second-order valence-electron chi connectivity index (χ2n) is 5.76. The smallest absolute Gasteiger partial charge is 0.417 e. The number of ketones is 1. The second-order valence-corrected chi connectivity index (χ2v) is 5.76. The topological polar surface area (TPSA) is 63.7 Å². The van der Waals surface area contributed by atoms with Crippen molar-refractivity contribution in [3.8, 4) is 0 Å². The molecular formula is C14H21NO4. The van der Waals surface area contributed by atoms with Gasteiger partial charge in [0.1, 0.15) is 11.9 Å². The van der Waals surface area contributed by atoms with Gasteiger partial charge in [-0.05, 0) is 26.2 Å². The zero-order valence-electron chi connectivity index (χ0n) is 11.7. The number of amides is 2. The fourth-order valence-electron chi connectivity index (χ4n) is 2.92. The van der Waals surface area contributed by atoms with Crippen LogP contribution >= 0.6 is 0 Å². The second kappa shape index (κ2) is 5.31. The van der Waals surface area contributed by atoms with Gasteiger partial charge in [-0.3, -0.25) is 9.59 Å². The van der Waals surface area contributed by atoms with E-state index in [1.807, 2.05) is 0 Å². The number of hydrogen-bond donors (Lipinski definition) is 0. The molecule has 0 bridgehead atoms. The van der Waals surface area contributed by atoms with Crippen molar-refractivity contribution in [3.05, 3.63) is 0 Å². The van der Waals surface area contributed by atoms with Crippen molar-refractivity contribution in [3.63, 3.8) is 0 Å². The van der Waals surface area contributed by atoms with E-state index in [0.717, 1.165) is 25.7 Å². The molecular weight excluding hydrogens is 246 g/mol. The maximum atomic E-state index is 12.4. The van der Waals surface area contributed by atoms with E-state index in [-0.39, 0.29) is 23.8 Å². The van der Waals surface area contributed by atoms with E-state index in [1.54, 1.807) is 20.8 Å². The largest absolute Gasteiger partial charge is 0.444 e. The summed E-state index contributed by atoms with van der Waals surface area (Å²) in [6, 6.07) is -0.170. The average Bonchev–Trinajstić information content (AvgIpc) is 2.71. The summed E-state index contributed by atoms with van der Waals surface area (Å²) < 4.78 is 5.24. The summed E-state index contributed by atoms with van der Waals surface area (Å²) in [4.78, 5) is 37.3. The molecule has 19 heavy (non-hydrogen) atoms. The van der Waals surface area contributed by atoms with E-state index >= 15 is 0 Å². The lowest BCUT2D eigenvalue weighted by Gasteiger charge is -2.28. The van der Waals surface area contributed by atoms with Gasteiger partial charge in [0.15, 0.2) is 0 Å². The molecule has 2 aliphatic rings. The number of Topliss-reactive ketones (excluding diaryl/α,β-unsaturated/α-hetero) is 1. The van der Waals surface area contributed by atoms with Crippen molar-refractivity contribution in [2.75, 3.05) is 0 Å². The van der Waals surface area contributed by atoms with E-state index in [4.69, 9.17) is 4.74 Å². The highest BCUT2D eigenvalue weighted by Crippen LogP contribution is 2.33. The van der Waals surface area contributed by atoms with E-state index in [2.05, 4.69) is 0 Å². The van der Waals surface area contributed by atoms with Crippen LogP contribution in [0.25, 0.3) is 0 Å². The minimum atomic E-state index is -0.770. The fraction of sp³-hybridized carbons (Fsp3) is 0.786. The number of fused-ring (bicyclic) bond motifs is 1. The van der Waals surface area contributed by atoms with Crippen LogP contribution in [0.4, 0.5) is 4.79 Å². The molecule has 0 aromatic heterocycles. The van der Waals surface area contributed by atoms with Gasteiger partial charge >= 0.3 is 6.09 Å². The molecule has 0 N–H and O–H groups in total. The zero-order chi connectivity index (χ0) is 14.2. The van der Waals surface area contributed by atoms with Crippen LogP contribution in [-0.2, 0) is 14.3 Å². The number of carbonyl (C=O) groups excluding carboxylic acids is 3. The first-order chi connectivity index (χ1) is 8.93. The summed E-state index contributed by atoms with van der Waals surface area (Å²) >= 11 is 0. The molecule has 1 saturated heterocycles. The van der Waals surface area contributed by atoms with Crippen molar-refractivity contribution in [2.24, 2.45) is 11.8 Å². The Morgan fingerprint density at radius 1 is 1.21 bits per heavy atom. The first-order valence-corrected chi connectivity index (χ1v) is 7.01. The van der Waals surface area contributed by atoms with Gasteiger partial charge in [-0.15, -0.1) is 0 Å². The van der Waals surface area contributed by atoms with E-state index < -0.39 is 17.9 Å². The molecule has 5 heteroatoms. The third kappa shape index (κ3) is 2.51. The van der Waals surface area contributed by atoms with Crippen molar-refractivity contribution in [2.45, 2.75) is 58.6 Å². The number of imide groups is 1. The number of ether oxygens (including phenoxy) is 1. The lowest BCUT2D eigenvalue weighted by molar-refractivity contribution is -0.140. The Labute approximate surface area is 113 Å². The third-order valence-electron chi connectivity index (χ3n) is 4.05. The van der Waals surface area contributed by atoms with Gasteiger partial charge in [0.25, 0.3) is 0 Å². The molecule has 106 valence electrons. The van der Waals surface area contributed by atoms with Gasteiger partial charge in [-0.1, -0.05) is 20.3 Å². The molecule has 3 atom stereocenters. The summed E-state index contributed by atoms with van der Waals surface area (Å²) in [7, 11) is 0. The highest BCUT2D eigenvalue weighted by Gasteiger charge is 2.47. The van der Waals surface area contributed by atoms with Crippen LogP contribution in [-0.4, -0.2) is 34.8 Å². The van der Waals surface area contributed by atoms with E-state index in [1.165, 1.54) is 4.90 Å². The quantitative estimate of drug-likeness (QED) is 0.735. The highest BCUT2D eigenvalue weighted by molar-refractivity contribution is 6.06. The average molecular weight is 267 g/mol. The molecule has 1 aliphatic carbocycles. The molecule has 0 unspecified atom stereocenters. The van der Waals surface area contributed by atoms with E-state index in [9.17, 15) is 14.4 Å². The zero-order valence-corrected chi connectivity index (χ0v) is 11.7. The van der Waals surface area contributed by atoms with Gasteiger partial charge in [-0.2, -0.15) is 0 Å². The van der Waals surface area contributed by atoms with E-state index in [0.29, 0.717) is 0 Å². The van der Waals surface area contributed by atoms with Gasteiger partial charge in [0.2, 0.25) is 5.91 Å². The monoisotopic (exact) mass is 267 g/mol. The molecule has 1 saturated carbocycles. The Hall–Kier alpha value is -1.39. The first kappa shape index (κ1) is 14.0. The van der Waals surface area contributed by atoms with Gasteiger partial charge < -0.3 is 4.74 Å². The lowest BCUT2D eigenvalue weighted by Crippen LogP contribution is -2.46. The third-order valence-corrected chi connectivity index (χ3v) is 4.05. The van der Waals surface area contributed by atoms with Gasteiger partial charge in [0.05, 0.1) is 12.0 Å².